The first-order chi connectivity index (χ1) is 3.43. The third kappa shape index (κ3) is 3.76. The minimum Gasteiger partial charge on any atom is -0.372 e. The first kappa shape index (κ1) is 6.92. The average Bonchev–Trinajstić information content (AvgIpc) is 2.52. The highest BCUT2D eigenvalue weighted by Gasteiger charge is 2.18. The number of rotatable bonds is 1. The third-order valence-electron chi connectivity index (χ3n) is 0.665. The van der Waals surface area contributed by atoms with Crippen LogP contribution in [0.25, 0.3) is 0 Å². The lowest BCUT2D eigenvalue weighted by Gasteiger charge is -1.71. The highest BCUT2D eigenvalue weighted by Crippen LogP contribution is 2.03. The molecular weight excluding hydrogens is 90.1 g/mol. The van der Waals surface area contributed by atoms with Crippen molar-refractivity contribution in [2.75, 3.05) is 13.2 Å². The molecule has 1 rings (SSSR count). The van der Waals surface area contributed by atoms with Gasteiger partial charge in [0.25, 0.3) is 0 Å². The Morgan fingerprint density at radius 1 is 1.71 bits per heavy atom. The first-order valence-electron chi connectivity index (χ1n) is 2.75. The minimum atomic E-state index is 0.412. The van der Waals surface area contributed by atoms with Gasteiger partial charge in [0.05, 0.1) is 12.7 Å². The Balaban J connectivity index is 0.000000162. The van der Waals surface area contributed by atoms with Gasteiger partial charge in [-0.3, -0.25) is 0 Å². The molecule has 2 N–H and O–H groups in total. The topological polar surface area (TPSA) is 38.5 Å². The Morgan fingerprint density at radius 3 is 2.14 bits per heavy atom. The van der Waals surface area contributed by atoms with E-state index in [9.17, 15) is 0 Å². The van der Waals surface area contributed by atoms with E-state index < -0.39 is 0 Å². The molecule has 0 radical (unpaired) electrons. The molecule has 0 aliphatic carbocycles. The zero-order valence-electron chi connectivity index (χ0n) is 4.98. The Bertz CT molecular complexity index is 35.1. The molecule has 0 aromatic carbocycles. The molecule has 1 heterocycles. The molecule has 0 amide bonds. The fourth-order valence-corrected chi connectivity index (χ4v) is 0.204. The van der Waals surface area contributed by atoms with Crippen molar-refractivity contribution in [3.05, 3.63) is 0 Å². The first-order valence-corrected chi connectivity index (χ1v) is 2.75. The lowest BCUT2D eigenvalue weighted by Crippen LogP contribution is -2.05. The van der Waals surface area contributed by atoms with Crippen molar-refractivity contribution in [1.29, 1.82) is 0 Å². The number of hydrogen-bond acceptors (Lipinski definition) is 2. The number of epoxide rings is 1. The summed E-state index contributed by atoms with van der Waals surface area (Å²) in [5.41, 5.74) is 5.11. The van der Waals surface area contributed by atoms with E-state index in [1.54, 1.807) is 0 Å². The van der Waals surface area contributed by atoms with Crippen molar-refractivity contribution in [1.82, 2.24) is 0 Å². The summed E-state index contributed by atoms with van der Waals surface area (Å²) in [4.78, 5) is 0. The molecule has 1 aliphatic rings. The van der Waals surface area contributed by atoms with E-state index in [4.69, 9.17) is 10.5 Å². The molecule has 1 atom stereocenters. The monoisotopic (exact) mass is 103 g/mol. The van der Waals surface area contributed by atoms with E-state index in [0.29, 0.717) is 12.6 Å². The van der Waals surface area contributed by atoms with Gasteiger partial charge in [-0.05, 0) is 0 Å². The van der Waals surface area contributed by atoms with Crippen LogP contribution >= 0.6 is 0 Å². The van der Waals surface area contributed by atoms with Gasteiger partial charge in [-0.15, -0.1) is 0 Å². The lowest BCUT2D eigenvalue weighted by atomic mass is 10.5. The molecule has 1 aliphatic heterocycles. The number of nitrogens with two attached hydrogens (primary N) is 1. The van der Waals surface area contributed by atoms with Crippen LogP contribution in [0.4, 0.5) is 0 Å². The fourth-order valence-electron chi connectivity index (χ4n) is 0.204. The predicted molar refractivity (Wildman–Crippen MR) is 30.1 cm³/mol. The van der Waals surface area contributed by atoms with Gasteiger partial charge in [0.1, 0.15) is 0 Å². The molecule has 0 spiro atoms. The molecule has 0 aromatic rings. The quantitative estimate of drug-likeness (QED) is 0.487. The normalized spacial score (nSPS) is 25.3. The molecule has 0 bridgehead atoms. The molecule has 1 unspecified atom stereocenters. The van der Waals surface area contributed by atoms with Crippen molar-refractivity contribution < 1.29 is 4.74 Å². The zero-order valence-corrected chi connectivity index (χ0v) is 4.98. The van der Waals surface area contributed by atoms with Gasteiger partial charge in [-0.2, -0.15) is 0 Å². The molecule has 1 saturated heterocycles. The lowest BCUT2D eigenvalue weighted by molar-refractivity contribution is 0.412. The summed E-state index contributed by atoms with van der Waals surface area (Å²) in [6.07, 6.45) is 0.412. The van der Waals surface area contributed by atoms with Gasteiger partial charge >= 0.3 is 0 Å². The van der Waals surface area contributed by atoms with Crippen molar-refractivity contribution in [2.24, 2.45) is 5.73 Å². The molecule has 0 saturated carbocycles. The third-order valence-corrected chi connectivity index (χ3v) is 0.665. The Kier molecular flexibility index (Phi) is 4.04. The van der Waals surface area contributed by atoms with Crippen LogP contribution in [-0.4, -0.2) is 19.3 Å². The Labute approximate surface area is 44.7 Å². The molecule has 0 aromatic heterocycles. The van der Waals surface area contributed by atoms with Crippen LogP contribution in [0.15, 0.2) is 0 Å². The van der Waals surface area contributed by atoms with Crippen LogP contribution in [0, 0.1) is 0 Å². The number of ether oxygens (including phenoxy) is 1. The van der Waals surface area contributed by atoms with Crippen LogP contribution in [-0.2, 0) is 4.74 Å². The van der Waals surface area contributed by atoms with Crippen LogP contribution in [0.5, 0.6) is 0 Å². The van der Waals surface area contributed by atoms with Gasteiger partial charge in [0, 0.05) is 6.54 Å². The summed E-state index contributed by atoms with van der Waals surface area (Å²) >= 11 is 0. The van der Waals surface area contributed by atoms with Crippen molar-refractivity contribution in [3.63, 3.8) is 0 Å². The van der Waals surface area contributed by atoms with Crippen LogP contribution in [0.3, 0.4) is 0 Å². The van der Waals surface area contributed by atoms with Gasteiger partial charge in [-0.25, -0.2) is 0 Å². The summed E-state index contributed by atoms with van der Waals surface area (Å²) in [6.45, 7) is 5.58. The maximum absolute atomic E-state index is 5.11. The summed E-state index contributed by atoms with van der Waals surface area (Å²) in [5, 5.41) is 0. The highest BCUT2D eigenvalue weighted by atomic mass is 16.6. The van der Waals surface area contributed by atoms with Gasteiger partial charge in [0.2, 0.25) is 0 Å². The molecule has 44 valence electrons. The second-order valence-corrected chi connectivity index (χ2v) is 1.19. The second kappa shape index (κ2) is 4.09. The Morgan fingerprint density at radius 2 is 2.14 bits per heavy atom. The smallest absolute Gasteiger partial charge is 0.0931 e. The van der Waals surface area contributed by atoms with Crippen molar-refractivity contribution in [2.45, 2.75) is 20.0 Å². The van der Waals surface area contributed by atoms with Crippen LogP contribution in [0.2, 0.25) is 0 Å². The van der Waals surface area contributed by atoms with E-state index >= 15 is 0 Å². The van der Waals surface area contributed by atoms with Crippen LogP contribution in [0.1, 0.15) is 13.8 Å². The van der Waals surface area contributed by atoms with Gasteiger partial charge < -0.3 is 10.5 Å². The molecule has 2 nitrogen and oxygen atoms in total. The summed E-state index contributed by atoms with van der Waals surface area (Å²) < 4.78 is 4.73. The zero-order chi connectivity index (χ0) is 5.70. The second-order valence-electron chi connectivity index (χ2n) is 1.19. The predicted octanol–water partition coefficient (Wildman–Crippen LogP) is 0.370. The Hall–Kier alpha value is -0.0800. The molecule has 1 fully saturated rings. The average molecular weight is 103 g/mol. The van der Waals surface area contributed by atoms with Crippen molar-refractivity contribution >= 4 is 0 Å². The largest absolute Gasteiger partial charge is 0.372 e. The van der Waals surface area contributed by atoms with Gasteiger partial charge in [0.15, 0.2) is 0 Å². The SMILES string of the molecule is CC.NCC1CO1. The van der Waals surface area contributed by atoms with E-state index in [0.717, 1.165) is 6.61 Å². The summed E-state index contributed by atoms with van der Waals surface area (Å²) in [5.74, 6) is 0. The van der Waals surface area contributed by atoms with E-state index in [1.165, 1.54) is 0 Å². The molecule has 7 heavy (non-hydrogen) atoms. The fraction of sp³-hybridized carbons (Fsp3) is 1.00. The summed E-state index contributed by atoms with van der Waals surface area (Å²) in [7, 11) is 0. The van der Waals surface area contributed by atoms with E-state index in [1.807, 2.05) is 13.8 Å². The standard InChI is InChI=1S/C3H7NO.C2H6/c4-1-3-2-5-3;1-2/h3H,1-2,4H2;1-2H3. The molecular formula is C5H13NO. The maximum atomic E-state index is 5.11. The van der Waals surface area contributed by atoms with E-state index in [2.05, 4.69) is 0 Å². The maximum Gasteiger partial charge on any atom is 0.0931 e. The number of hydrogen-bond donors (Lipinski definition) is 1. The van der Waals surface area contributed by atoms with Gasteiger partial charge in [-0.1, -0.05) is 13.8 Å². The minimum absolute atomic E-state index is 0.412. The van der Waals surface area contributed by atoms with E-state index in [-0.39, 0.29) is 0 Å². The van der Waals surface area contributed by atoms with Crippen molar-refractivity contribution in [3.8, 4) is 0 Å². The highest BCUT2D eigenvalue weighted by molar-refractivity contribution is 4.67. The molecule has 2 heteroatoms. The summed E-state index contributed by atoms with van der Waals surface area (Å²) in [6, 6.07) is 0. The van der Waals surface area contributed by atoms with Crippen LogP contribution < -0.4 is 5.73 Å².